The van der Waals surface area contributed by atoms with E-state index < -0.39 is 0 Å². The zero-order valence-corrected chi connectivity index (χ0v) is 10.3. The maximum Gasteiger partial charge on any atom is 0.255 e. The van der Waals surface area contributed by atoms with Crippen LogP contribution < -0.4 is 5.48 Å². The van der Waals surface area contributed by atoms with Crippen LogP contribution in [0.5, 0.6) is 0 Å². The summed E-state index contributed by atoms with van der Waals surface area (Å²) in [7, 11) is 0. The first-order valence-electron chi connectivity index (χ1n) is 4.97. The zero-order chi connectivity index (χ0) is 12.8. The number of aliphatic imine (C=N–C) groups is 1. The number of hydroxylamine groups is 1. The number of aromatic nitrogens is 4. The molecule has 0 saturated carbocycles. The molecule has 8 heteroatoms. The monoisotopic (exact) mass is 262 g/mol. The molecular formula is C10H10N6OS. The van der Waals surface area contributed by atoms with E-state index in [0.29, 0.717) is 16.7 Å². The Morgan fingerprint density at radius 1 is 1.33 bits per heavy atom. The predicted octanol–water partition coefficient (Wildman–Crippen LogP) is 1.29. The SMILES string of the molecule is CSc1nc(/N=C/NO)nc(-c2ccccn2)n1. The van der Waals surface area contributed by atoms with E-state index in [1.54, 1.807) is 17.7 Å². The average Bonchev–Trinajstić information content (AvgIpc) is 2.45. The van der Waals surface area contributed by atoms with Crippen molar-refractivity contribution < 1.29 is 5.21 Å². The van der Waals surface area contributed by atoms with E-state index in [1.807, 2.05) is 18.4 Å². The van der Waals surface area contributed by atoms with Crippen LogP contribution >= 0.6 is 11.8 Å². The molecule has 0 radical (unpaired) electrons. The van der Waals surface area contributed by atoms with Crippen LogP contribution in [0.2, 0.25) is 0 Å². The van der Waals surface area contributed by atoms with Crippen molar-refractivity contribution in [2.75, 3.05) is 6.26 Å². The number of pyridine rings is 1. The van der Waals surface area contributed by atoms with Gasteiger partial charge in [0.25, 0.3) is 5.95 Å². The highest BCUT2D eigenvalue weighted by molar-refractivity contribution is 7.98. The minimum atomic E-state index is 0.205. The Morgan fingerprint density at radius 3 is 2.89 bits per heavy atom. The smallest absolute Gasteiger partial charge is 0.255 e. The summed E-state index contributed by atoms with van der Waals surface area (Å²) in [5.74, 6) is 0.650. The second kappa shape index (κ2) is 6.03. The molecule has 18 heavy (non-hydrogen) atoms. The molecule has 0 bridgehead atoms. The molecule has 0 saturated heterocycles. The molecule has 0 aliphatic heterocycles. The highest BCUT2D eigenvalue weighted by atomic mass is 32.2. The molecule has 0 aromatic carbocycles. The topological polar surface area (TPSA) is 96.2 Å². The van der Waals surface area contributed by atoms with Crippen LogP contribution in [0.3, 0.4) is 0 Å². The largest absolute Gasteiger partial charge is 0.290 e. The molecule has 0 atom stereocenters. The average molecular weight is 262 g/mol. The molecule has 2 aromatic rings. The molecule has 2 rings (SSSR count). The van der Waals surface area contributed by atoms with Crippen molar-refractivity contribution in [2.24, 2.45) is 4.99 Å². The number of nitrogens with one attached hydrogen (secondary N) is 1. The van der Waals surface area contributed by atoms with Crippen LogP contribution in [-0.2, 0) is 0 Å². The molecule has 2 aromatic heterocycles. The maximum atomic E-state index is 8.45. The van der Waals surface area contributed by atoms with Gasteiger partial charge in [-0.05, 0) is 18.4 Å². The van der Waals surface area contributed by atoms with Crippen molar-refractivity contribution in [2.45, 2.75) is 5.16 Å². The van der Waals surface area contributed by atoms with Gasteiger partial charge in [0, 0.05) is 6.20 Å². The number of rotatable bonds is 4. The Kier molecular flexibility index (Phi) is 4.15. The molecule has 0 aliphatic carbocycles. The van der Waals surface area contributed by atoms with Gasteiger partial charge in [-0.1, -0.05) is 17.8 Å². The van der Waals surface area contributed by atoms with Gasteiger partial charge in [-0.2, -0.15) is 15.0 Å². The molecule has 0 aliphatic rings. The van der Waals surface area contributed by atoms with Gasteiger partial charge in [0.15, 0.2) is 11.0 Å². The Labute approximate surface area is 107 Å². The van der Waals surface area contributed by atoms with Crippen LogP contribution in [-0.4, -0.2) is 37.7 Å². The molecule has 2 N–H and O–H groups in total. The van der Waals surface area contributed by atoms with Crippen LogP contribution in [0.25, 0.3) is 11.5 Å². The quantitative estimate of drug-likeness (QED) is 0.371. The lowest BCUT2D eigenvalue weighted by atomic mass is 10.3. The van der Waals surface area contributed by atoms with Crippen molar-refractivity contribution in [3.63, 3.8) is 0 Å². The third-order valence-corrected chi connectivity index (χ3v) is 2.47. The lowest BCUT2D eigenvalue weighted by molar-refractivity contribution is 0.240. The normalized spacial score (nSPS) is 10.8. The summed E-state index contributed by atoms with van der Waals surface area (Å²) in [6, 6.07) is 5.47. The standard InChI is InChI=1S/C10H10N6OS/c1-18-10-15-8(7-4-2-3-5-11-7)14-9(16-10)12-6-13-17/h2-6,17H,1H3,(H,12,13,14,15,16). The number of nitrogens with zero attached hydrogens (tertiary/aromatic N) is 5. The summed E-state index contributed by atoms with van der Waals surface area (Å²) in [5, 5.41) is 8.99. The lowest BCUT2D eigenvalue weighted by Crippen LogP contribution is -2.02. The van der Waals surface area contributed by atoms with Crippen LogP contribution in [0, 0.1) is 0 Å². The predicted molar refractivity (Wildman–Crippen MR) is 67.9 cm³/mol. The third kappa shape index (κ3) is 2.99. The lowest BCUT2D eigenvalue weighted by Gasteiger charge is -2.02. The van der Waals surface area contributed by atoms with Gasteiger partial charge in [-0.3, -0.25) is 15.7 Å². The Balaban J connectivity index is 2.44. The second-order valence-corrected chi connectivity index (χ2v) is 3.82. The van der Waals surface area contributed by atoms with Crippen molar-refractivity contribution in [3.8, 4) is 11.5 Å². The fraction of sp³-hybridized carbons (Fsp3) is 0.100. The molecule has 7 nitrogen and oxygen atoms in total. The first kappa shape index (κ1) is 12.4. The highest BCUT2D eigenvalue weighted by Crippen LogP contribution is 2.18. The molecule has 92 valence electrons. The van der Waals surface area contributed by atoms with E-state index in [1.165, 1.54) is 11.8 Å². The van der Waals surface area contributed by atoms with E-state index in [-0.39, 0.29) is 5.95 Å². The summed E-state index contributed by atoms with van der Waals surface area (Å²) >= 11 is 1.38. The highest BCUT2D eigenvalue weighted by Gasteiger charge is 2.07. The zero-order valence-electron chi connectivity index (χ0n) is 9.48. The van der Waals surface area contributed by atoms with Crippen molar-refractivity contribution in [3.05, 3.63) is 24.4 Å². The van der Waals surface area contributed by atoms with Crippen LogP contribution in [0.1, 0.15) is 0 Å². The Bertz CT molecular complexity index is 547. The molecular weight excluding hydrogens is 252 g/mol. The molecule has 0 fully saturated rings. The van der Waals surface area contributed by atoms with Gasteiger partial charge in [-0.25, -0.2) is 4.98 Å². The summed E-state index contributed by atoms with van der Waals surface area (Å²) in [6.07, 6.45) is 4.60. The summed E-state index contributed by atoms with van der Waals surface area (Å²) in [6.45, 7) is 0. The Morgan fingerprint density at radius 2 is 2.22 bits per heavy atom. The molecule has 0 spiro atoms. The van der Waals surface area contributed by atoms with Gasteiger partial charge >= 0.3 is 0 Å². The minimum absolute atomic E-state index is 0.205. The number of thioether (sulfide) groups is 1. The minimum Gasteiger partial charge on any atom is -0.290 e. The first-order valence-corrected chi connectivity index (χ1v) is 6.19. The van der Waals surface area contributed by atoms with Crippen LogP contribution in [0.4, 0.5) is 5.95 Å². The van der Waals surface area contributed by atoms with Gasteiger partial charge < -0.3 is 0 Å². The maximum absolute atomic E-state index is 8.45. The molecule has 2 heterocycles. The first-order chi connectivity index (χ1) is 8.83. The van der Waals surface area contributed by atoms with E-state index in [0.717, 1.165) is 6.34 Å². The number of hydrogen-bond donors (Lipinski definition) is 2. The van der Waals surface area contributed by atoms with Gasteiger partial charge in [0.05, 0.1) is 0 Å². The summed E-state index contributed by atoms with van der Waals surface area (Å²) < 4.78 is 0. The molecule has 0 amide bonds. The van der Waals surface area contributed by atoms with Crippen molar-refractivity contribution in [1.29, 1.82) is 0 Å². The fourth-order valence-electron chi connectivity index (χ4n) is 1.19. The van der Waals surface area contributed by atoms with Crippen LogP contribution in [0.15, 0.2) is 34.5 Å². The van der Waals surface area contributed by atoms with E-state index in [9.17, 15) is 0 Å². The van der Waals surface area contributed by atoms with Gasteiger partial charge in [0.2, 0.25) is 0 Å². The van der Waals surface area contributed by atoms with E-state index in [2.05, 4.69) is 24.9 Å². The summed E-state index contributed by atoms with van der Waals surface area (Å²) in [4.78, 5) is 20.5. The fourth-order valence-corrected chi connectivity index (χ4v) is 1.54. The Hall–Kier alpha value is -2.06. The molecule has 0 unspecified atom stereocenters. The van der Waals surface area contributed by atoms with Crippen molar-refractivity contribution >= 4 is 24.0 Å². The van der Waals surface area contributed by atoms with E-state index >= 15 is 0 Å². The van der Waals surface area contributed by atoms with Gasteiger partial charge in [0.1, 0.15) is 12.0 Å². The second-order valence-electron chi connectivity index (χ2n) is 3.05. The van der Waals surface area contributed by atoms with E-state index in [4.69, 9.17) is 5.21 Å². The number of hydrogen-bond acceptors (Lipinski definition) is 7. The van der Waals surface area contributed by atoms with Crippen molar-refractivity contribution in [1.82, 2.24) is 25.4 Å². The summed E-state index contributed by atoms with van der Waals surface area (Å²) in [5.41, 5.74) is 2.44. The third-order valence-electron chi connectivity index (χ3n) is 1.92. The van der Waals surface area contributed by atoms with Gasteiger partial charge in [-0.15, -0.1) is 0 Å².